The molecule has 0 amide bonds. The molecule has 3 aromatic rings. The lowest BCUT2D eigenvalue weighted by molar-refractivity contribution is 1.12. The first kappa shape index (κ1) is 13.1. The number of hydrogen-bond donors (Lipinski definition) is 0. The highest BCUT2D eigenvalue weighted by atomic mass is 31.0. The van der Waals surface area contributed by atoms with Crippen LogP contribution in [0.2, 0.25) is 0 Å². The van der Waals surface area contributed by atoms with Gasteiger partial charge in [-0.25, -0.2) is 0 Å². The fourth-order valence-corrected chi connectivity index (χ4v) is 3.11. The molecule has 3 rings (SSSR count). The van der Waals surface area contributed by atoms with Crippen LogP contribution in [0, 0.1) is 13.8 Å². The standard InChI is InChI=1S/C18H18NP/c1-13-14(2)18(20)19(16-11-7-4-8-12-16)17(13)15-9-5-3-6-10-15/h3-12H,20H2,1-2H3. The summed E-state index contributed by atoms with van der Waals surface area (Å²) in [6.45, 7) is 4.38. The Morgan fingerprint density at radius 1 is 0.750 bits per heavy atom. The molecule has 0 aliphatic rings. The monoisotopic (exact) mass is 279 g/mol. The number of aromatic nitrogens is 1. The quantitative estimate of drug-likeness (QED) is 0.618. The molecule has 100 valence electrons. The summed E-state index contributed by atoms with van der Waals surface area (Å²) in [6.07, 6.45) is 0. The van der Waals surface area contributed by atoms with Crippen molar-refractivity contribution in [3.05, 3.63) is 71.8 Å². The van der Waals surface area contributed by atoms with E-state index >= 15 is 0 Å². The lowest BCUT2D eigenvalue weighted by Gasteiger charge is -2.12. The second kappa shape index (κ2) is 5.26. The van der Waals surface area contributed by atoms with Gasteiger partial charge in [-0.3, -0.25) is 0 Å². The molecule has 1 nitrogen and oxygen atoms in total. The van der Waals surface area contributed by atoms with E-state index in [0.29, 0.717) is 0 Å². The molecule has 0 aliphatic heterocycles. The zero-order valence-corrected chi connectivity index (χ0v) is 13.0. The Bertz CT molecular complexity index is 664. The second-order valence-corrected chi connectivity index (χ2v) is 5.57. The van der Waals surface area contributed by atoms with Gasteiger partial charge in [-0.15, -0.1) is 0 Å². The van der Waals surface area contributed by atoms with E-state index in [1.165, 1.54) is 33.5 Å². The van der Waals surface area contributed by atoms with Gasteiger partial charge in [-0.05, 0) is 42.7 Å². The molecule has 0 fully saturated rings. The Labute approximate surface area is 122 Å². The van der Waals surface area contributed by atoms with Crippen LogP contribution in [0.25, 0.3) is 16.9 Å². The molecule has 0 bridgehead atoms. The van der Waals surface area contributed by atoms with Crippen molar-refractivity contribution in [2.24, 2.45) is 0 Å². The summed E-state index contributed by atoms with van der Waals surface area (Å²) in [5, 5.41) is 0. The highest BCUT2D eigenvalue weighted by Crippen LogP contribution is 2.30. The Morgan fingerprint density at radius 2 is 1.30 bits per heavy atom. The van der Waals surface area contributed by atoms with E-state index in [9.17, 15) is 0 Å². The van der Waals surface area contributed by atoms with Crippen LogP contribution in [0.3, 0.4) is 0 Å². The van der Waals surface area contributed by atoms with Gasteiger partial charge in [0.25, 0.3) is 0 Å². The summed E-state index contributed by atoms with van der Waals surface area (Å²) in [4.78, 5) is 0. The summed E-state index contributed by atoms with van der Waals surface area (Å²) in [5.41, 5.74) is 7.63. The number of hydrogen-bond acceptors (Lipinski definition) is 0. The fraction of sp³-hybridized carbons (Fsp3) is 0.111. The Kier molecular flexibility index (Phi) is 3.46. The number of rotatable bonds is 2. The summed E-state index contributed by atoms with van der Waals surface area (Å²) >= 11 is 0. The molecule has 1 unspecified atom stereocenters. The maximum absolute atomic E-state index is 2.89. The van der Waals surface area contributed by atoms with Gasteiger partial charge in [0.2, 0.25) is 0 Å². The first-order chi connectivity index (χ1) is 9.70. The molecule has 0 radical (unpaired) electrons. The molecule has 1 atom stereocenters. The predicted octanol–water partition coefficient (Wildman–Crippen LogP) is 4.26. The highest BCUT2D eigenvalue weighted by molar-refractivity contribution is 7.27. The van der Waals surface area contributed by atoms with E-state index in [2.05, 4.69) is 88.3 Å². The summed E-state index contributed by atoms with van der Waals surface area (Å²) in [6, 6.07) is 21.1. The molecule has 2 aromatic carbocycles. The maximum atomic E-state index is 2.89. The number of para-hydroxylation sites is 1. The zero-order valence-electron chi connectivity index (χ0n) is 11.8. The average molecular weight is 279 g/mol. The lowest BCUT2D eigenvalue weighted by Crippen LogP contribution is -2.10. The van der Waals surface area contributed by atoms with Crippen LogP contribution in [0.1, 0.15) is 11.1 Å². The SMILES string of the molecule is Cc1c(C)c(-c2ccccc2)n(-c2ccccc2)c1P. The fourth-order valence-electron chi connectivity index (χ4n) is 2.61. The lowest BCUT2D eigenvalue weighted by atomic mass is 10.1. The molecule has 0 saturated carbocycles. The van der Waals surface area contributed by atoms with Gasteiger partial charge in [-0.1, -0.05) is 57.8 Å². The molecule has 1 heterocycles. The van der Waals surface area contributed by atoms with Crippen molar-refractivity contribution in [1.82, 2.24) is 4.57 Å². The normalized spacial score (nSPS) is 10.8. The third kappa shape index (κ3) is 2.09. The van der Waals surface area contributed by atoms with Crippen molar-refractivity contribution in [2.45, 2.75) is 13.8 Å². The van der Waals surface area contributed by atoms with Gasteiger partial charge in [0.1, 0.15) is 0 Å². The largest absolute Gasteiger partial charge is 0.310 e. The minimum absolute atomic E-state index is 1.20. The minimum atomic E-state index is 1.20. The smallest absolute Gasteiger partial charge is 0.0566 e. The van der Waals surface area contributed by atoms with Crippen molar-refractivity contribution >= 4 is 14.7 Å². The van der Waals surface area contributed by atoms with Crippen molar-refractivity contribution in [3.8, 4) is 16.9 Å². The molecular weight excluding hydrogens is 261 g/mol. The van der Waals surface area contributed by atoms with Crippen molar-refractivity contribution in [3.63, 3.8) is 0 Å². The molecule has 2 heteroatoms. The molecule has 0 aliphatic carbocycles. The minimum Gasteiger partial charge on any atom is -0.310 e. The van der Waals surface area contributed by atoms with E-state index < -0.39 is 0 Å². The van der Waals surface area contributed by atoms with Crippen LogP contribution in [-0.2, 0) is 0 Å². The van der Waals surface area contributed by atoms with E-state index in [4.69, 9.17) is 0 Å². The van der Waals surface area contributed by atoms with Crippen LogP contribution in [-0.4, -0.2) is 4.57 Å². The maximum Gasteiger partial charge on any atom is 0.0566 e. The van der Waals surface area contributed by atoms with Crippen molar-refractivity contribution in [1.29, 1.82) is 0 Å². The van der Waals surface area contributed by atoms with Gasteiger partial charge in [0.15, 0.2) is 0 Å². The molecule has 20 heavy (non-hydrogen) atoms. The van der Waals surface area contributed by atoms with Gasteiger partial charge in [0, 0.05) is 11.1 Å². The Morgan fingerprint density at radius 3 is 1.90 bits per heavy atom. The van der Waals surface area contributed by atoms with E-state index in [0.717, 1.165) is 0 Å². The summed E-state index contributed by atoms with van der Waals surface area (Å²) in [7, 11) is 2.89. The summed E-state index contributed by atoms with van der Waals surface area (Å²) in [5.74, 6) is 0. The van der Waals surface area contributed by atoms with Crippen molar-refractivity contribution in [2.75, 3.05) is 0 Å². The summed E-state index contributed by atoms with van der Waals surface area (Å²) < 4.78 is 2.32. The van der Waals surface area contributed by atoms with Crippen LogP contribution >= 0.6 is 9.24 Å². The van der Waals surface area contributed by atoms with Crippen LogP contribution < -0.4 is 5.44 Å². The van der Waals surface area contributed by atoms with E-state index in [-0.39, 0.29) is 0 Å². The predicted molar refractivity (Wildman–Crippen MR) is 90.0 cm³/mol. The first-order valence-electron chi connectivity index (χ1n) is 6.78. The van der Waals surface area contributed by atoms with Crippen LogP contribution in [0.5, 0.6) is 0 Å². The third-order valence-corrected chi connectivity index (χ3v) is 4.52. The van der Waals surface area contributed by atoms with Crippen molar-refractivity contribution < 1.29 is 0 Å². The van der Waals surface area contributed by atoms with Gasteiger partial charge < -0.3 is 4.57 Å². The van der Waals surface area contributed by atoms with Crippen LogP contribution in [0.15, 0.2) is 60.7 Å². The zero-order chi connectivity index (χ0) is 14.1. The molecule has 0 saturated heterocycles. The average Bonchev–Trinajstić information content (AvgIpc) is 2.73. The highest BCUT2D eigenvalue weighted by Gasteiger charge is 2.16. The van der Waals surface area contributed by atoms with E-state index in [1.54, 1.807) is 0 Å². The molecule has 0 spiro atoms. The van der Waals surface area contributed by atoms with Gasteiger partial charge >= 0.3 is 0 Å². The molecule has 0 N–H and O–H groups in total. The third-order valence-electron chi connectivity index (χ3n) is 3.83. The van der Waals surface area contributed by atoms with Gasteiger partial charge in [0.05, 0.1) is 5.69 Å². The first-order valence-corrected chi connectivity index (χ1v) is 7.36. The molecular formula is C18H18NP. The Balaban J connectivity index is 2.32. The number of benzene rings is 2. The van der Waals surface area contributed by atoms with E-state index in [1.807, 2.05) is 0 Å². The van der Waals surface area contributed by atoms with Gasteiger partial charge in [-0.2, -0.15) is 0 Å². The topological polar surface area (TPSA) is 4.93 Å². The second-order valence-electron chi connectivity index (χ2n) is 5.02. The van der Waals surface area contributed by atoms with Crippen LogP contribution in [0.4, 0.5) is 0 Å². The number of nitrogens with zero attached hydrogens (tertiary/aromatic N) is 1. The Hall–Kier alpha value is -1.85. The molecule has 1 aromatic heterocycles.